The molecule has 2 saturated heterocycles. The van der Waals surface area contributed by atoms with Gasteiger partial charge in [0.15, 0.2) is 17.1 Å². The first kappa shape index (κ1) is 27.1. The smallest absolute Gasteiger partial charge is 0.307 e. The molecule has 2 aliphatic heterocycles. The molecule has 4 N–H and O–H groups in total. The number of benzene rings is 2. The highest BCUT2D eigenvalue weighted by Gasteiger charge is 2.27. The van der Waals surface area contributed by atoms with Gasteiger partial charge in [-0.3, -0.25) is 14.4 Å². The third-order valence-corrected chi connectivity index (χ3v) is 7.13. The maximum atomic E-state index is 12.8. The molecule has 42 heavy (non-hydrogen) atoms. The zero-order chi connectivity index (χ0) is 29.1. The van der Waals surface area contributed by atoms with Gasteiger partial charge in [-0.1, -0.05) is 12.1 Å². The summed E-state index contributed by atoms with van der Waals surface area (Å²) in [6, 6.07) is 13.8. The van der Waals surface area contributed by atoms with Gasteiger partial charge in [0, 0.05) is 43.5 Å². The lowest BCUT2D eigenvalue weighted by atomic mass is 10.1. The number of nitrogens with one attached hydrogen (secondary N) is 2. The molecular weight excluding hydrogens is 542 g/mol. The Labute approximate surface area is 240 Å². The second-order valence-corrected chi connectivity index (χ2v) is 10.0. The molecule has 2 fully saturated rings. The van der Waals surface area contributed by atoms with Gasteiger partial charge in [-0.25, -0.2) is 4.98 Å². The van der Waals surface area contributed by atoms with Gasteiger partial charge >= 0.3 is 5.91 Å². The number of anilines is 3. The normalized spacial score (nSPS) is 17.2. The van der Waals surface area contributed by atoms with Crippen LogP contribution in [0.5, 0.6) is 0 Å². The maximum absolute atomic E-state index is 12.8. The van der Waals surface area contributed by atoms with Crippen LogP contribution in [0.15, 0.2) is 52.9 Å². The number of carbonyl (C=O) groups excluding carboxylic acids is 3. The second kappa shape index (κ2) is 11.8. The fourth-order valence-corrected chi connectivity index (χ4v) is 4.98. The Hall–Kier alpha value is -5.11. The van der Waals surface area contributed by atoms with Crippen LogP contribution in [0.2, 0.25) is 0 Å². The van der Waals surface area contributed by atoms with Crippen molar-refractivity contribution in [3.8, 4) is 0 Å². The number of fused-ring (bicyclic) bond motifs is 1. The summed E-state index contributed by atoms with van der Waals surface area (Å²) < 4.78 is 10.9. The van der Waals surface area contributed by atoms with E-state index < -0.39 is 11.8 Å². The lowest BCUT2D eigenvalue weighted by Gasteiger charge is -2.32. The minimum Gasteiger partial charge on any atom is -0.432 e. The number of piperidine rings is 1. The van der Waals surface area contributed by atoms with Gasteiger partial charge in [-0.15, -0.1) is 10.2 Å². The van der Waals surface area contributed by atoms with E-state index in [-0.39, 0.29) is 35.3 Å². The summed E-state index contributed by atoms with van der Waals surface area (Å²) in [6.45, 7) is 3.19. The van der Waals surface area contributed by atoms with Crippen molar-refractivity contribution in [2.24, 2.45) is 5.73 Å². The predicted octanol–water partition coefficient (Wildman–Crippen LogP) is 1.73. The van der Waals surface area contributed by atoms with Crippen LogP contribution >= 0.6 is 0 Å². The quantitative estimate of drug-likeness (QED) is 0.294. The Balaban J connectivity index is 1.15. The lowest BCUT2D eigenvalue weighted by molar-refractivity contribution is 0.0303. The summed E-state index contributed by atoms with van der Waals surface area (Å²) in [5.41, 5.74) is 7.71. The van der Waals surface area contributed by atoms with E-state index in [0.29, 0.717) is 61.7 Å². The molecule has 216 valence electrons. The number of ether oxygens (including phenoxy) is 1. The zero-order valence-corrected chi connectivity index (χ0v) is 22.7. The predicted molar refractivity (Wildman–Crippen MR) is 152 cm³/mol. The fourth-order valence-electron chi connectivity index (χ4n) is 4.98. The van der Waals surface area contributed by atoms with Crippen molar-refractivity contribution in [1.29, 1.82) is 0 Å². The largest absolute Gasteiger partial charge is 0.432 e. The molecule has 0 saturated carbocycles. The van der Waals surface area contributed by atoms with E-state index >= 15 is 0 Å². The monoisotopic (exact) mass is 571 g/mol. The summed E-state index contributed by atoms with van der Waals surface area (Å²) in [4.78, 5) is 50.1. The van der Waals surface area contributed by atoms with Crippen LogP contribution in [0, 0.1) is 0 Å². The van der Waals surface area contributed by atoms with E-state index in [2.05, 4.69) is 30.8 Å². The van der Waals surface area contributed by atoms with Crippen LogP contribution in [-0.2, 0) is 4.74 Å². The van der Waals surface area contributed by atoms with Crippen molar-refractivity contribution in [3.05, 3.63) is 65.7 Å². The average molecular weight is 572 g/mol. The third kappa shape index (κ3) is 5.83. The number of hydrogen-bond donors (Lipinski definition) is 3. The molecule has 0 spiro atoms. The van der Waals surface area contributed by atoms with Crippen LogP contribution in [0.25, 0.3) is 11.1 Å². The molecule has 2 aromatic heterocycles. The van der Waals surface area contributed by atoms with E-state index in [4.69, 9.17) is 14.9 Å². The van der Waals surface area contributed by atoms with Gasteiger partial charge in [-0.05, 0) is 49.2 Å². The molecule has 1 unspecified atom stereocenters. The number of rotatable bonds is 7. The van der Waals surface area contributed by atoms with Crippen molar-refractivity contribution >= 4 is 46.3 Å². The minimum absolute atomic E-state index is 0.00111. The van der Waals surface area contributed by atoms with Crippen molar-refractivity contribution in [1.82, 2.24) is 30.4 Å². The molecule has 2 aliphatic rings. The molecule has 0 bridgehead atoms. The first-order valence-corrected chi connectivity index (χ1v) is 13.6. The number of nitrogens with zero attached hydrogens (tertiary/aromatic N) is 6. The summed E-state index contributed by atoms with van der Waals surface area (Å²) in [7, 11) is 0. The van der Waals surface area contributed by atoms with Crippen molar-refractivity contribution in [2.75, 3.05) is 49.6 Å². The van der Waals surface area contributed by atoms with Gasteiger partial charge in [0.2, 0.25) is 5.95 Å². The highest BCUT2D eigenvalue weighted by molar-refractivity contribution is 5.97. The van der Waals surface area contributed by atoms with E-state index in [9.17, 15) is 14.4 Å². The first-order valence-electron chi connectivity index (χ1n) is 13.6. The van der Waals surface area contributed by atoms with Crippen molar-refractivity contribution in [2.45, 2.75) is 18.9 Å². The number of morpholine rings is 1. The van der Waals surface area contributed by atoms with Crippen LogP contribution in [0.3, 0.4) is 0 Å². The van der Waals surface area contributed by atoms with E-state index in [1.54, 1.807) is 41.3 Å². The van der Waals surface area contributed by atoms with Gasteiger partial charge in [0.05, 0.1) is 13.2 Å². The molecule has 3 amide bonds. The molecule has 14 nitrogen and oxygen atoms in total. The number of para-hydroxylation sites is 2. The number of primary amides is 1. The molecule has 0 radical (unpaired) electrons. The Morgan fingerprint density at radius 3 is 2.50 bits per heavy atom. The standard InChI is InChI=1S/C28H29N9O5/c29-23(38)22-24(30-18-9-7-17(8-10-18)27(40)36-12-14-41-15-13-36)33-28(35-34-22)37-11-3-4-19(16-37)31-25(39)26-32-20-5-1-2-6-21(20)42-26/h1-2,5-10,19H,3-4,11-16H2,(H2,29,38)(H,31,39)(H,30,33,35). The average Bonchev–Trinajstić information content (AvgIpc) is 3.46. The van der Waals surface area contributed by atoms with Gasteiger partial charge < -0.3 is 35.3 Å². The summed E-state index contributed by atoms with van der Waals surface area (Å²) in [5, 5.41) is 14.2. The topological polar surface area (TPSA) is 182 Å². The van der Waals surface area contributed by atoms with Crippen LogP contribution in [0.4, 0.5) is 17.5 Å². The molecule has 4 aromatic rings. The lowest BCUT2D eigenvalue weighted by Crippen LogP contribution is -2.48. The SMILES string of the molecule is NC(=O)c1nnc(N2CCCC(NC(=O)c3nc4ccccc4o3)C2)nc1Nc1ccc(C(=O)N2CCOCC2)cc1. The maximum Gasteiger partial charge on any atom is 0.307 e. The van der Waals surface area contributed by atoms with E-state index in [1.165, 1.54) is 0 Å². The Morgan fingerprint density at radius 2 is 1.74 bits per heavy atom. The number of aromatic nitrogens is 4. The van der Waals surface area contributed by atoms with E-state index in [0.717, 1.165) is 12.8 Å². The number of oxazole rings is 1. The number of carbonyl (C=O) groups is 3. The summed E-state index contributed by atoms with van der Waals surface area (Å²) >= 11 is 0. The molecule has 2 aromatic carbocycles. The first-order chi connectivity index (χ1) is 20.4. The summed E-state index contributed by atoms with van der Waals surface area (Å²) in [6.07, 6.45) is 1.51. The Bertz CT molecular complexity index is 1580. The van der Waals surface area contributed by atoms with Crippen LogP contribution in [-0.4, -0.2) is 88.2 Å². The molecule has 6 rings (SSSR count). The van der Waals surface area contributed by atoms with E-state index in [1.807, 2.05) is 17.0 Å². The van der Waals surface area contributed by atoms with Crippen LogP contribution in [0.1, 0.15) is 44.4 Å². The third-order valence-electron chi connectivity index (χ3n) is 7.13. The molecule has 4 heterocycles. The number of hydrogen-bond acceptors (Lipinski definition) is 11. The van der Waals surface area contributed by atoms with Crippen molar-refractivity contribution in [3.63, 3.8) is 0 Å². The van der Waals surface area contributed by atoms with Crippen LogP contribution < -0.4 is 21.3 Å². The Morgan fingerprint density at radius 1 is 0.952 bits per heavy atom. The molecule has 14 heteroatoms. The number of amides is 3. The molecular formula is C28H29N9O5. The fraction of sp³-hybridized carbons (Fsp3) is 0.321. The second-order valence-electron chi connectivity index (χ2n) is 10.0. The van der Waals surface area contributed by atoms with Gasteiger partial charge in [-0.2, -0.15) is 4.98 Å². The number of nitrogens with two attached hydrogens (primary N) is 1. The highest BCUT2D eigenvalue weighted by Crippen LogP contribution is 2.23. The van der Waals surface area contributed by atoms with Gasteiger partial charge in [0.25, 0.3) is 17.7 Å². The Kier molecular flexibility index (Phi) is 7.60. The van der Waals surface area contributed by atoms with Gasteiger partial charge in [0.1, 0.15) is 5.52 Å². The molecule has 0 aliphatic carbocycles. The van der Waals surface area contributed by atoms with Crippen molar-refractivity contribution < 1.29 is 23.5 Å². The zero-order valence-electron chi connectivity index (χ0n) is 22.7. The minimum atomic E-state index is -0.787. The highest BCUT2D eigenvalue weighted by atomic mass is 16.5. The molecule has 1 atom stereocenters. The summed E-state index contributed by atoms with van der Waals surface area (Å²) in [5.74, 6) is -0.845.